The average Bonchev–Trinajstić information content (AvgIpc) is 2.66. The third-order valence-electron chi connectivity index (χ3n) is 3.22. The molecule has 3 unspecified atom stereocenters. The Morgan fingerprint density at radius 1 is 1.21 bits per heavy atom. The summed E-state index contributed by atoms with van der Waals surface area (Å²) in [5.41, 5.74) is 0. The lowest BCUT2D eigenvalue weighted by molar-refractivity contribution is 0.145. The van der Waals surface area contributed by atoms with E-state index < -0.39 is 0 Å². The number of hydrogen-bond acceptors (Lipinski definition) is 3. The van der Waals surface area contributed by atoms with Crippen LogP contribution >= 0.6 is 0 Å². The number of likely N-dealkylation sites (tertiary alicyclic amines) is 1. The van der Waals surface area contributed by atoms with Gasteiger partial charge in [-0.25, -0.2) is 0 Å². The van der Waals surface area contributed by atoms with Gasteiger partial charge in [-0.15, -0.1) is 0 Å². The van der Waals surface area contributed by atoms with E-state index in [0.717, 1.165) is 6.54 Å². The molecule has 14 heavy (non-hydrogen) atoms. The van der Waals surface area contributed by atoms with E-state index in [2.05, 4.69) is 17.1 Å². The first-order chi connectivity index (χ1) is 6.61. The zero-order valence-electron chi connectivity index (χ0n) is 9.66. The maximum atomic E-state index is 9.32. The van der Waals surface area contributed by atoms with Crippen LogP contribution in [0.25, 0.3) is 0 Å². The highest BCUT2D eigenvalue weighted by Crippen LogP contribution is 2.10. The van der Waals surface area contributed by atoms with Crippen molar-refractivity contribution in [2.45, 2.75) is 51.8 Å². The molecule has 0 radical (unpaired) electrons. The molecule has 1 saturated heterocycles. The number of hydrogen-bond donors (Lipinski definition) is 2. The number of aliphatic hydroxyl groups is 1. The molecule has 3 atom stereocenters. The second-order valence-corrected chi connectivity index (χ2v) is 4.53. The lowest BCUT2D eigenvalue weighted by Gasteiger charge is -2.26. The first kappa shape index (κ1) is 12.0. The molecule has 0 aromatic rings. The Balaban J connectivity index is 2.16. The SMILES string of the molecule is CC(O)C(C)NCC(C)N1CCCC1. The zero-order chi connectivity index (χ0) is 10.6. The highest BCUT2D eigenvalue weighted by atomic mass is 16.3. The Bertz CT molecular complexity index is 155. The lowest BCUT2D eigenvalue weighted by atomic mass is 10.2. The maximum Gasteiger partial charge on any atom is 0.0662 e. The predicted molar refractivity (Wildman–Crippen MR) is 59.4 cm³/mol. The van der Waals surface area contributed by atoms with E-state index in [1.807, 2.05) is 13.8 Å². The van der Waals surface area contributed by atoms with Gasteiger partial charge < -0.3 is 10.4 Å². The molecule has 1 aliphatic heterocycles. The quantitative estimate of drug-likeness (QED) is 0.690. The van der Waals surface area contributed by atoms with Crippen LogP contribution in [0.15, 0.2) is 0 Å². The molecule has 0 aromatic heterocycles. The van der Waals surface area contributed by atoms with Crippen LogP contribution in [-0.2, 0) is 0 Å². The van der Waals surface area contributed by atoms with Crippen molar-refractivity contribution in [2.75, 3.05) is 19.6 Å². The molecule has 0 aromatic carbocycles. The molecule has 0 spiro atoms. The standard InChI is InChI=1S/C11H24N2O/c1-9(13-6-4-5-7-13)8-12-10(2)11(3)14/h9-12,14H,4-8H2,1-3H3. The highest BCUT2D eigenvalue weighted by molar-refractivity contribution is 4.76. The fourth-order valence-electron chi connectivity index (χ4n) is 1.84. The van der Waals surface area contributed by atoms with Gasteiger partial charge in [0.1, 0.15) is 0 Å². The van der Waals surface area contributed by atoms with Crippen molar-refractivity contribution < 1.29 is 5.11 Å². The average molecular weight is 200 g/mol. The van der Waals surface area contributed by atoms with Crippen LogP contribution in [0.4, 0.5) is 0 Å². The van der Waals surface area contributed by atoms with Crippen molar-refractivity contribution in [3.63, 3.8) is 0 Å². The molecule has 2 N–H and O–H groups in total. The summed E-state index contributed by atoms with van der Waals surface area (Å²) in [6, 6.07) is 0.791. The van der Waals surface area contributed by atoms with Crippen LogP contribution in [0, 0.1) is 0 Å². The molecular formula is C11H24N2O. The minimum atomic E-state index is -0.263. The van der Waals surface area contributed by atoms with Gasteiger partial charge >= 0.3 is 0 Å². The normalized spacial score (nSPS) is 24.9. The summed E-state index contributed by atoms with van der Waals surface area (Å²) in [5.74, 6) is 0. The van der Waals surface area contributed by atoms with Crippen LogP contribution in [0.3, 0.4) is 0 Å². The minimum absolute atomic E-state index is 0.194. The summed E-state index contributed by atoms with van der Waals surface area (Å²) in [7, 11) is 0. The third kappa shape index (κ3) is 3.56. The van der Waals surface area contributed by atoms with Gasteiger partial charge in [-0.1, -0.05) is 0 Å². The molecule has 0 saturated carbocycles. The number of aliphatic hydroxyl groups excluding tert-OH is 1. The van der Waals surface area contributed by atoms with Gasteiger partial charge in [-0.2, -0.15) is 0 Å². The number of nitrogens with zero attached hydrogens (tertiary/aromatic N) is 1. The molecule has 1 heterocycles. The summed E-state index contributed by atoms with van der Waals surface area (Å²) < 4.78 is 0. The van der Waals surface area contributed by atoms with Gasteiger partial charge in [-0.05, 0) is 46.7 Å². The maximum absolute atomic E-state index is 9.32. The molecular weight excluding hydrogens is 176 g/mol. The lowest BCUT2D eigenvalue weighted by Crippen LogP contribution is -2.44. The predicted octanol–water partition coefficient (Wildman–Crippen LogP) is 0.830. The smallest absolute Gasteiger partial charge is 0.0662 e. The van der Waals surface area contributed by atoms with Crippen LogP contribution in [0.5, 0.6) is 0 Å². The molecule has 0 aliphatic carbocycles. The van der Waals surface area contributed by atoms with Crippen molar-refractivity contribution in [1.29, 1.82) is 0 Å². The Morgan fingerprint density at radius 2 is 1.79 bits per heavy atom. The van der Waals surface area contributed by atoms with Gasteiger partial charge in [0.25, 0.3) is 0 Å². The van der Waals surface area contributed by atoms with Crippen molar-refractivity contribution in [3.05, 3.63) is 0 Å². The Morgan fingerprint density at radius 3 is 2.29 bits per heavy atom. The fraction of sp³-hybridized carbons (Fsp3) is 1.00. The van der Waals surface area contributed by atoms with Gasteiger partial charge in [0.15, 0.2) is 0 Å². The van der Waals surface area contributed by atoms with Crippen LogP contribution < -0.4 is 5.32 Å². The van der Waals surface area contributed by atoms with E-state index >= 15 is 0 Å². The minimum Gasteiger partial charge on any atom is -0.392 e. The van der Waals surface area contributed by atoms with Crippen LogP contribution in [0.1, 0.15) is 33.6 Å². The van der Waals surface area contributed by atoms with Crippen molar-refractivity contribution in [2.24, 2.45) is 0 Å². The van der Waals surface area contributed by atoms with E-state index in [0.29, 0.717) is 6.04 Å². The first-order valence-corrected chi connectivity index (χ1v) is 5.76. The first-order valence-electron chi connectivity index (χ1n) is 5.76. The second kappa shape index (κ2) is 5.69. The Kier molecular flexibility index (Phi) is 4.85. The van der Waals surface area contributed by atoms with Crippen LogP contribution in [0.2, 0.25) is 0 Å². The molecule has 1 aliphatic rings. The van der Waals surface area contributed by atoms with E-state index in [1.54, 1.807) is 0 Å². The van der Waals surface area contributed by atoms with E-state index in [-0.39, 0.29) is 12.1 Å². The van der Waals surface area contributed by atoms with Gasteiger partial charge in [0.05, 0.1) is 6.10 Å². The highest BCUT2D eigenvalue weighted by Gasteiger charge is 2.18. The topological polar surface area (TPSA) is 35.5 Å². The van der Waals surface area contributed by atoms with Crippen LogP contribution in [-0.4, -0.2) is 47.8 Å². The Labute approximate surface area is 87.5 Å². The van der Waals surface area contributed by atoms with Gasteiger partial charge in [0.2, 0.25) is 0 Å². The zero-order valence-corrected chi connectivity index (χ0v) is 9.66. The molecule has 0 bridgehead atoms. The van der Waals surface area contributed by atoms with Gasteiger partial charge in [0, 0.05) is 18.6 Å². The summed E-state index contributed by atoms with van der Waals surface area (Å²) >= 11 is 0. The van der Waals surface area contributed by atoms with Gasteiger partial charge in [-0.3, -0.25) is 4.90 Å². The molecule has 0 amide bonds. The largest absolute Gasteiger partial charge is 0.392 e. The van der Waals surface area contributed by atoms with E-state index in [1.165, 1.54) is 25.9 Å². The van der Waals surface area contributed by atoms with E-state index in [9.17, 15) is 5.11 Å². The molecule has 3 nitrogen and oxygen atoms in total. The van der Waals surface area contributed by atoms with Crippen molar-refractivity contribution >= 4 is 0 Å². The second-order valence-electron chi connectivity index (χ2n) is 4.53. The van der Waals surface area contributed by atoms with E-state index in [4.69, 9.17) is 0 Å². The molecule has 84 valence electrons. The summed E-state index contributed by atoms with van der Waals surface area (Å²) in [6.45, 7) is 9.58. The molecule has 1 rings (SSSR count). The molecule has 3 heteroatoms. The summed E-state index contributed by atoms with van der Waals surface area (Å²) in [5, 5.41) is 12.7. The van der Waals surface area contributed by atoms with Crippen molar-refractivity contribution in [3.8, 4) is 0 Å². The number of rotatable bonds is 5. The fourth-order valence-corrected chi connectivity index (χ4v) is 1.84. The monoisotopic (exact) mass is 200 g/mol. The summed E-state index contributed by atoms with van der Waals surface area (Å²) in [6.07, 6.45) is 2.42. The Hall–Kier alpha value is -0.120. The summed E-state index contributed by atoms with van der Waals surface area (Å²) in [4.78, 5) is 2.52. The van der Waals surface area contributed by atoms with Crippen molar-refractivity contribution in [1.82, 2.24) is 10.2 Å². The molecule has 1 fully saturated rings. The third-order valence-corrected chi connectivity index (χ3v) is 3.22. The number of nitrogens with one attached hydrogen (secondary N) is 1.